The average Bonchev–Trinajstić information content (AvgIpc) is 2.39. The molecular weight excluding hydrogens is 335 g/mol. The topological polar surface area (TPSA) is 62.5 Å². The number of hydrogen-bond donors (Lipinski definition) is 1. The van der Waals surface area contributed by atoms with E-state index >= 15 is 0 Å². The highest BCUT2D eigenvalue weighted by Gasteiger charge is 2.22. The summed E-state index contributed by atoms with van der Waals surface area (Å²) < 4.78 is 0. The van der Waals surface area contributed by atoms with E-state index in [0.29, 0.717) is 11.4 Å². The molecule has 5 nitrogen and oxygen atoms in total. The molecule has 2 rings (SSSR count). The first-order valence-electron chi connectivity index (χ1n) is 6.46. The molecule has 1 aliphatic rings. The minimum Gasteiger partial charge on any atom is -0.353 e. The summed E-state index contributed by atoms with van der Waals surface area (Å²) in [5.41, 5.74) is 5.65. The number of amides is 1. The Labute approximate surface area is 142 Å². The standard InChI is InChI=1S/C13H19ClN4O.2ClH/c1-10(15)8-13(19)18-6-4-17(5-7-18)12-3-2-11(14)9-16-12;;/h2-3,9-10H,4-8,15H2,1H3;2*1H. The Morgan fingerprint density at radius 1 is 1.33 bits per heavy atom. The number of anilines is 1. The normalized spacial score (nSPS) is 15.8. The Bertz CT molecular complexity index is 434. The third-order valence-electron chi connectivity index (χ3n) is 3.16. The number of piperazine rings is 1. The minimum atomic E-state index is -0.0801. The summed E-state index contributed by atoms with van der Waals surface area (Å²) in [5.74, 6) is 1.04. The first-order chi connectivity index (χ1) is 9.06. The van der Waals surface area contributed by atoms with E-state index in [4.69, 9.17) is 17.3 Å². The number of rotatable bonds is 3. The van der Waals surface area contributed by atoms with E-state index in [1.54, 1.807) is 6.20 Å². The minimum absolute atomic E-state index is 0. The molecule has 0 aromatic carbocycles. The van der Waals surface area contributed by atoms with Gasteiger partial charge in [0.15, 0.2) is 0 Å². The van der Waals surface area contributed by atoms with E-state index in [1.165, 1.54) is 0 Å². The summed E-state index contributed by atoms with van der Waals surface area (Å²) in [4.78, 5) is 20.2. The van der Waals surface area contributed by atoms with E-state index < -0.39 is 0 Å². The van der Waals surface area contributed by atoms with Gasteiger partial charge >= 0.3 is 0 Å². The van der Waals surface area contributed by atoms with Gasteiger partial charge in [-0.05, 0) is 19.1 Å². The fourth-order valence-corrected chi connectivity index (χ4v) is 2.26. The predicted molar refractivity (Wildman–Crippen MR) is 90.8 cm³/mol. The third-order valence-corrected chi connectivity index (χ3v) is 3.39. The maximum absolute atomic E-state index is 11.9. The molecule has 21 heavy (non-hydrogen) atoms. The zero-order valence-electron chi connectivity index (χ0n) is 11.9. The van der Waals surface area contributed by atoms with Crippen LogP contribution in [0.4, 0.5) is 5.82 Å². The van der Waals surface area contributed by atoms with Crippen molar-refractivity contribution in [3.05, 3.63) is 23.4 Å². The van der Waals surface area contributed by atoms with Crippen LogP contribution in [-0.4, -0.2) is 48.0 Å². The van der Waals surface area contributed by atoms with Crippen molar-refractivity contribution in [2.75, 3.05) is 31.1 Å². The van der Waals surface area contributed by atoms with E-state index in [-0.39, 0.29) is 36.8 Å². The monoisotopic (exact) mass is 354 g/mol. The van der Waals surface area contributed by atoms with Gasteiger partial charge < -0.3 is 15.5 Å². The number of carbonyl (C=O) groups is 1. The highest BCUT2D eigenvalue weighted by atomic mass is 35.5. The molecule has 0 saturated carbocycles. The van der Waals surface area contributed by atoms with Gasteiger partial charge in [0.1, 0.15) is 5.82 Å². The lowest BCUT2D eigenvalue weighted by molar-refractivity contribution is -0.131. The molecule has 120 valence electrons. The molecule has 0 spiro atoms. The van der Waals surface area contributed by atoms with Gasteiger partial charge in [0.05, 0.1) is 5.02 Å². The maximum atomic E-state index is 11.9. The average molecular weight is 356 g/mol. The van der Waals surface area contributed by atoms with Crippen LogP contribution in [0, 0.1) is 0 Å². The van der Waals surface area contributed by atoms with Crippen molar-refractivity contribution in [3.8, 4) is 0 Å². The van der Waals surface area contributed by atoms with Crippen molar-refractivity contribution in [1.82, 2.24) is 9.88 Å². The molecule has 0 radical (unpaired) electrons. The number of pyridine rings is 1. The molecular formula is C13H21Cl3N4O. The molecule has 8 heteroatoms. The van der Waals surface area contributed by atoms with Crippen molar-refractivity contribution in [2.24, 2.45) is 5.73 Å². The van der Waals surface area contributed by atoms with Crippen LogP contribution in [0.25, 0.3) is 0 Å². The summed E-state index contributed by atoms with van der Waals surface area (Å²) in [6.45, 7) is 4.87. The second kappa shape index (κ2) is 9.30. The van der Waals surface area contributed by atoms with Crippen molar-refractivity contribution in [2.45, 2.75) is 19.4 Å². The lowest BCUT2D eigenvalue weighted by Crippen LogP contribution is -2.49. The maximum Gasteiger partial charge on any atom is 0.224 e. The Morgan fingerprint density at radius 3 is 2.43 bits per heavy atom. The first-order valence-corrected chi connectivity index (χ1v) is 6.84. The molecule has 1 aromatic heterocycles. The molecule has 1 unspecified atom stereocenters. The summed E-state index contributed by atoms with van der Waals surface area (Å²) in [7, 11) is 0. The summed E-state index contributed by atoms with van der Waals surface area (Å²) in [6.07, 6.45) is 2.06. The fourth-order valence-electron chi connectivity index (χ4n) is 2.14. The fraction of sp³-hybridized carbons (Fsp3) is 0.538. The molecule has 1 atom stereocenters. The number of nitrogens with zero attached hydrogens (tertiary/aromatic N) is 3. The van der Waals surface area contributed by atoms with Gasteiger partial charge in [0.25, 0.3) is 0 Å². The van der Waals surface area contributed by atoms with Crippen molar-refractivity contribution >= 4 is 48.1 Å². The third kappa shape index (κ3) is 5.87. The van der Waals surface area contributed by atoms with Crippen LogP contribution in [0.1, 0.15) is 13.3 Å². The molecule has 2 heterocycles. The van der Waals surface area contributed by atoms with Crippen molar-refractivity contribution in [1.29, 1.82) is 0 Å². The van der Waals surface area contributed by atoms with E-state index in [2.05, 4.69) is 9.88 Å². The lowest BCUT2D eigenvalue weighted by atomic mass is 10.2. The second-order valence-electron chi connectivity index (χ2n) is 4.88. The molecule has 1 aliphatic heterocycles. The van der Waals surface area contributed by atoms with Crippen LogP contribution >= 0.6 is 36.4 Å². The molecule has 1 saturated heterocycles. The molecule has 0 bridgehead atoms. The van der Waals surface area contributed by atoms with Crippen molar-refractivity contribution < 1.29 is 4.79 Å². The molecule has 1 aromatic rings. The van der Waals surface area contributed by atoms with Gasteiger partial charge in [0.2, 0.25) is 5.91 Å². The van der Waals surface area contributed by atoms with Crippen molar-refractivity contribution in [3.63, 3.8) is 0 Å². The largest absolute Gasteiger partial charge is 0.353 e. The number of carbonyl (C=O) groups excluding carboxylic acids is 1. The van der Waals surface area contributed by atoms with Crippen LogP contribution in [0.3, 0.4) is 0 Å². The second-order valence-corrected chi connectivity index (χ2v) is 5.32. The number of hydrogen-bond acceptors (Lipinski definition) is 4. The van der Waals surface area contributed by atoms with Crippen LogP contribution in [0.15, 0.2) is 18.3 Å². The molecule has 0 aliphatic carbocycles. The van der Waals surface area contributed by atoms with Gasteiger partial charge in [-0.2, -0.15) is 0 Å². The lowest BCUT2D eigenvalue weighted by Gasteiger charge is -2.35. The Balaban J connectivity index is 0.00000200. The first kappa shape index (κ1) is 20.2. The van der Waals surface area contributed by atoms with Gasteiger partial charge in [-0.15, -0.1) is 24.8 Å². The Morgan fingerprint density at radius 2 is 1.95 bits per heavy atom. The highest BCUT2D eigenvalue weighted by molar-refractivity contribution is 6.30. The van der Waals surface area contributed by atoms with Crippen LogP contribution in [-0.2, 0) is 4.79 Å². The van der Waals surface area contributed by atoms with E-state index in [0.717, 1.165) is 32.0 Å². The highest BCUT2D eigenvalue weighted by Crippen LogP contribution is 2.16. The van der Waals surface area contributed by atoms with E-state index in [1.807, 2.05) is 24.0 Å². The SMILES string of the molecule is CC(N)CC(=O)N1CCN(c2ccc(Cl)cn2)CC1.Cl.Cl. The van der Waals surface area contributed by atoms with Gasteiger partial charge in [-0.25, -0.2) is 4.98 Å². The molecule has 1 fully saturated rings. The summed E-state index contributed by atoms with van der Waals surface area (Å²) >= 11 is 5.82. The number of aromatic nitrogens is 1. The van der Waals surface area contributed by atoms with Crippen LogP contribution in [0.5, 0.6) is 0 Å². The summed E-state index contributed by atoms with van der Waals surface area (Å²) in [6, 6.07) is 3.66. The molecule has 1 amide bonds. The Kier molecular flexibility index (Phi) is 8.97. The Hall–Kier alpha value is -0.750. The zero-order chi connectivity index (χ0) is 13.8. The predicted octanol–water partition coefficient (Wildman–Crippen LogP) is 1.96. The molecule has 2 N–H and O–H groups in total. The zero-order valence-corrected chi connectivity index (χ0v) is 14.3. The van der Waals surface area contributed by atoms with Gasteiger partial charge in [-0.1, -0.05) is 11.6 Å². The van der Waals surface area contributed by atoms with E-state index in [9.17, 15) is 4.79 Å². The van der Waals surface area contributed by atoms with Gasteiger partial charge in [-0.3, -0.25) is 4.79 Å². The van der Waals surface area contributed by atoms with Crippen LogP contribution < -0.4 is 10.6 Å². The van der Waals surface area contributed by atoms with Crippen LogP contribution in [0.2, 0.25) is 5.02 Å². The quantitative estimate of drug-likeness (QED) is 0.900. The smallest absolute Gasteiger partial charge is 0.224 e. The number of halogens is 3. The van der Waals surface area contributed by atoms with Gasteiger partial charge in [0, 0.05) is 44.8 Å². The summed E-state index contributed by atoms with van der Waals surface area (Å²) in [5, 5.41) is 0.634. The number of nitrogens with two attached hydrogens (primary N) is 1.